The first kappa shape index (κ1) is 20.9. The average Bonchev–Trinajstić information content (AvgIpc) is 3.08. The maximum absolute atomic E-state index is 13.0. The van der Waals surface area contributed by atoms with Gasteiger partial charge in [-0.05, 0) is 62.9 Å². The molecule has 0 radical (unpaired) electrons. The van der Waals surface area contributed by atoms with Gasteiger partial charge in [0.2, 0.25) is 10.0 Å². The number of nitrogens with one attached hydrogen (secondary N) is 1. The summed E-state index contributed by atoms with van der Waals surface area (Å²) in [5, 5.41) is -0.512. The van der Waals surface area contributed by atoms with Crippen molar-refractivity contribution in [3.8, 4) is 0 Å². The first-order valence-corrected chi connectivity index (χ1v) is 11.1. The first-order chi connectivity index (χ1) is 12.6. The van der Waals surface area contributed by atoms with E-state index in [0.29, 0.717) is 18.9 Å². The molecule has 0 aromatic heterocycles. The van der Waals surface area contributed by atoms with Gasteiger partial charge in [-0.15, -0.1) is 0 Å². The fourth-order valence-electron chi connectivity index (χ4n) is 3.97. The van der Waals surface area contributed by atoms with Gasteiger partial charge in [-0.2, -0.15) is 13.2 Å². The van der Waals surface area contributed by atoms with Crippen LogP contribution < -0.4 is 4.72 Å². The predicted molar refractivity (Wildman–Crippen MR) is 98.2 cm³/mol. The molecule has 3 rings (SSSR count). The Labute approximate surface area is 163 Å². The number of hydrogen-bond donors (Lipinski definition) is 1. The third-order valence-electron chi connectivity index (χ3n) is 5.45. The highest BCUT2D eigenvalue weighted by atomic mass is 35.5. The molecule has 1 saturated heterocycles. The number of rotatable bonds is 5. The van der Waals surface area contributed by atoms with Crippen molar-refractivity contribution in [3.63, 3.8) is 0 Å². The van der Waals surface area contributed by atoms with Gasteiger partial charge in [-0.1, -0.05) is 24.4 Å². The van der Waals surface area contributed by atoms with E-state index in [4.69, 9.17) is 11.6 Å². The fourth-order valence-corrected chi connectivity index (χ4v) is 5.52. The van der Waals surface area contributed by atoms with Crippen LogP contribution in [0.5, 0.6) is 0 Å². The summed E-state index contributed by atoms with van der Waals surface area (Å²) in [7, 11) is -4.03. The summed E-state index contributed by atoms with van der Waals surface area (Å²) in [4.78, 5) is 1.96. The molecule has 1 heterocycles. The van der Waals surface area contributed by atoms with Crippen molar-refractivity contribution >= 4 is 21.6 Å². The normalized spacial score (nSPS) is 21.0. The number of hydrogen-bond acceptors (Lipinski definition) is 3. The molecule has 152 valence electrons. The lowest BCUT2D eigenvalue weighted by Crippen LogP contribution is -2.45. The van der Waals surface area contributed by atoms with Gasteiger partial charge >= 0.3 is 6.18 Å². The largest absolute Gasteiger partial charge is 0.417 e. The van der Waals surface area contributed by atoms with E-state index in [0.717, 1.165) is 37.7 Å². The topological polar surface area (TPSA) is 49.4 Å². The lowest BCUT2D eigenvalue weighted by atomic mass is 10.0. The first-order valence-electron chi connectivity index (χ1n) is 9.26. The Balaban J connectivity index is 1.60. The molecule has 1 N–H and O–H groups in total. The molecule has 2 fully saturated rings. The van der Waals surface area contributed by atoms with Gasteiger partial charge in [0.15, 0.2) is 0 Å². The maximum Gasteiger partial charge on any atom is 0.417 e. The molecule has 9 heteroatoms. The molecule has 1 aromatic carbocycles. The Morgan fingerprint density at radius 3 is 2.33 bits per heavy atom. The Morgan fingerprint density at radius 1 is 1.11 bits per heavy atom. The molecule has 4 nitrogen and oxygen atoms in total. The van der Waals surface area contributed by atoms with Gasteiger partial charge < -0.3 is 4.90 Å². The van der Waals surface area contributed by atoms with Crippen LogP contribution in [0.2, 0.25) is 5.02 Å². The summed E-state index contributed by atoms with van der Waals surface area (Å²) < 4.78 is 66.5. The van der Waals surface area contributed by atoms with Crippen LogP contribution in [0.25, 0.3) is 0 Å². The third kappa shape index (κ3) is 5.37. The van der Waals surface area contributed by atoms with Crippen LogP contribution in [0.3, 0.4) is 0 Å². The second kappa shape index (κ2) is 8.27. The summed E-state index contributed by atoms with van der Waals surface area (Å²) in [5.41, 5.74) is -1.14. The number of sulfonamides is 1. The van der Waals surface area contributed by atoms with E-state index in [1.54, 1.807) is 0 Å². The Morgan fingerprint density at radius 2 is 1.74 bits per heavy atom. The lowest BCUT2D eigenvalue weighted by molar-refractivity contribution is -0.137. The van der Waals surface area contributed by atoms with Gasteiger partial charge in [0.05, 0.1) is 15.5 Å². The standard InChI is InChI=1S/C18H24ClF3N2O2S/c19-17-6-5-15(11-16(17)18(20,21)22)27(25,26)23-14-7-9-24(10-8-14)12-13-3-1-2-4-13/h5-6,11,13-14,23H,1-4,7-10,12H2. The summed E-state index contributed by atoms with van der Waals surface area (Å²) in [6.07, 6.45) is 1.74. The number of piperidine rings is 1. The Hall–Kier alpha value is -0.830. The van der Waals surface area contributed by atoms with Crippen molar-refractivity contribution in [3.05, 3.63) is 28.8 Å². The van der Waals surface area contributed by atoms with Crippen LogP contribution in [-0.4, -0.2) is 39.0 Å². The van der Waals surface area contributed by atoms with E-state index in [1.165, 1.54) is 25.7 Å². The van der Waals surface area contributed by atoms with Crippen molar-refractivity contribution < 1.29 is 21.6 Å². The summed E-state index contributed by atoms with van der Waals surface area (Å²) in [5.74, 6) is 0.744. The summed E-state index contributed by atoms with van der Waals surface area (Å²) >= 11 is 5.57. The molecule has 2 aliphatic rings. The molecule has 0 unspecified atom stereocenters. The second-order valence-electron chi connectivity index (χ2n) is 7.49. The van der Waals surface area contributed by atoms with E-state index < -0.39 is 31.7 Å². The van der Waals surface area contributed by atoms with Gasteiger partial charge in [0.1, 0.15) is 0 Å². The molecule has 0 amide bonds. The SMILES string of the molecule is O=S(=O)(NC1CCN(CC2CCCC2)CC1)c1ccc(Cl)c(C(F)(F)F)c1. The van der Waals surface area contributed by atoms with Crippen LogP contribution in [0.15, 0.2) is 23.1 Å². The molecule has 27 heavy (non-hydrogen) atoms. The van der Waals surface area contributed by atoms with Crippen LogP contribution in [0, 0.1) is 5.92 Å². The van der Waals surface area contributed by atoms with Crippen molar-refractivity contribution in [1.29, 1.82) is 0 Å². The highest BCUT2D eigenvalue weighted by molar-refractivity contribution is 7.89. The molecule has 1 aromatic rings. The molecule has 0 bridgehead atoms. The minimum Gasteiger partial charge on any atom is -0.303 e. The monoisotopic (exact) mass is 424 g/mol. The van der Waals surface area contributed by atoms with E-state index in [9.17, 15) is 21.6 Å². The average molecular weight is 425 g/mol. The zero-order valence-corrected chi connectivity index (χ0v) is 16.5. The van der Waals surface area contributed by atoms with Gasteiger partial charge in [0.25, 0.3) is 0 Å². The highest BCUT2D eigenvalue weighted by Crippen LogP contribution is 2.36. The molecule has 1 aliphatic heterocycles. The minimum atomic E-state index is -4.70. The van der Waals surface area contributed by atoms with Crippen molar-refractivity contribution in [2.75, 3.05) is 19.6 Å². The molecule has 0 spiro atoms. The molecule has 0 atom stereocenters. The molecular formula is C18H24ClF3N2O2S. The summed E-state index contributed by atoms with van der Waals surface area (Å²) in [6, 6.07) is 2.41. The van der Waals surface area contributed by atoms with Crippen molar-refractivity contribution in [2.24, 2.45) is 5.92 Å². The molecule has 1 saturated carbocycles. The van der Waals surface area contributed by atoms with E-state index in [2.05, 4.69) is 9.62 Å². The number of benzene rings is 1. The highest BCUT2D eigenvalue weighted by Gasteiger charge is 2.35. The smallest absolute Gasteiger partial charge is 0.303 e. The maximum atomic E-state index is 13.0. The van der Waals surface area contributed by atoms with Crippen LogP contribution in [0.4, 0.5) is 13.2 Å². The minimum absolute atomic E-state index is 0.264. The Bertz CT molecular complexity index is 756. The van der Waals surface area contributed by atoms with Gasteiger partial charge in [0, 0.05) is 12.6 Å². The van der Waals surface area contributed by atoms with Gasteiger partial charge in [-0.25, -0.2) is 13.1 Å². The second-order valence-corrected chi connectivity index (χ2v) is 9.61. The lowest BCUT2D eigenvalue weighted by Gasteiger charge is -2.33. The summed E-state index contributed by atoms with van der Waals surface area (Å²) in [6.45, 7) is 2.67. The van der Waals surface area contributed by atoms with Crippen molar-refractivity contribution in [1.82, 2.24) is 9.62 Å². The zero-order valence-electron chi connectivity index (χ0n) is 14.9. The number of likely N-dealkylation sites (tertiary alicyclic amines) is 1. The van der Waals surface area contributed by atoms with E-state index in [1.807, 2.05) is 0 Å². The fraction of sp³-hybridized carbons (Fsp3) is 0.667. The molecular weight excluding hydrogens is 401 g/mol. The van der Waals surface area contributed by atoms with E-state index >= 15 is 0 Å². The quantitative estimate of drug-likeness (QED) is 0.767. The Kier molecular flexibility index (Phi) is 6.40. The third-order valence-corrected chi connectivity index (χ3v) is 7.30. The number of halogens is 4. The zero-order chi connectivity index (χ0) is 19.7. The number of alkyl halides is 3. The van der Waals surface area contributed by atoms with Crippen LogP contribution in [-0.2, 0) is 16.2 Å². The van der Waals surface area contributed by atoms with E-state index in [-0.39, 0.29) is 6.04 Å². The number of nitrogens with zero attached hydrogens (tertiary/aromatic N) is 1. The van der Waals surface area contributed by atoms with Gasteiger partial charge in [-0.3, -0.25) is 0 Å². The van der Waals surface area contributed by atoms with Crippen molar-refractivity contribution in [2.45, 2.75) is 55.6 Å². The van der Waals surface area contributed by atoms with Crippen LogP contribution >= 0.6 is 11.6 Å². The predicted octanol–water partition coefficient (Wildman–Crippen LogP) is 4.29. The van der Waals surface area contributed by atoms with Crippen LogP contribution in [0.1, 0.15) is 44.1 Å². The molecule has 1 aliphatic carbocycles.